The Balaban J connectivity index is 0.000000223. The topological polar surface area (TPSA) is 325 Å². The number of hydrogen-bond donors (Lipinski definition) is 2. The fraction of sp³-hybridized carbons (Fsp3) is 0.317. The molecular formula is C123H140N6O21. The molecule has 0 heterocycles. The summed E-state index contributed by atoms with van der Waals surface area (Å²) in [5.41, 5.74) is 13.7. The highest BCUT2D eigenvalue weighted by atomic mass is 16.6. The van der Waals surface area contributed by atoms with E-state index in [9.17, 15) is 57.5 Å². The van der Waals surface area contributed by atoms with E-state index < -0.39 is 29.8 Å². The third-order valence-corrected chi connectivity index (χ3v) is 23.8. The van der Waals surface area contributed by atoms with Crippen molar-refractivity contribution in [1.29, 1.82) is 0 Å². The Morgan fingerprint density at radius 1 is 0.220 bits per heavy atom. The van der Waals surface area contributed by atoms with E-state index in [0.29, 0.717) is 124 Å². The Labute approximate surface area is 881 Å². The van der Waals surface area contributed by atoms with Gasteiger partial charge < -0.3 is 68.0 Å². The van der Waals surface area contributed by atoms with Gasteiger partial charge in [-0.2, -0.15) is 0 Å². The fourth-order valence-corrected chi connectivity index (χ4v) is 15.0. The van der Waals surface area contributed by atoms with Gasteiger partial charge in [-0.25, -0.2) is 33.6 Å². The van der Waals surface area contributed by atoms with Crippen molar-refractivity contribution in [3.8, 4) is 11.5 Å². The standard InChI is InChI=1S/C37H47NO5.C30H33NO7.C28H30N2O5.C28H30N2O4/c1-4-7-10-29-13-19-32(20-14-29)35(39)38(25-27-42-36(40)33-21-15-30(16-22-33)11-8-5-2)26-28-43-37(41)34-23-17-31(18-24-34)12-9-6-3;1-4-35-26-14-10-23(11-15-26)28(32)31(18-20-37-29(33)24-8-6-22(3)7-9-24)19-21-38-30(34)25-12-16-27(17-13-25)36-5-2;31-26(23-11-4-1-5-12-23)29-17-10-18-30(19-21-34-27(32)24-13-6-2-7-14-24)20-22-35-28(33)25-15-8-3-9-16-25;1-20-4-10-23(11-5-20)26(31)29-16-17-30(27(32)24-12-6-21(2)7-13-24)18-19-34-28(33)25-14-8-22(3)9-15-25/h13-24H,4-12,25-28H2,1-3H3;6-17H,4-5,18-21H2,1-3H3;1-9,11-16H,10,17-22H2,(H,29,31);4-15H,16-19H2,1-3H3,(H,29,31). The van der Waals surface area contributed by atoms with Gasteiger partial charge in [0.1, 0.15) is 57.7 Å². The van der Waals surface area contributed by atoms with E-state index >= 15 is 0 Å². The molecule has 0 bridgehead atoms. The number of unbranched alkanes of at least 4 members (excludes halogenated alkanes) is 3. The van der Waals surface area contributed by atoms with E-state index in [1.54, 1.807) is 192 Å². The van der Waals surface area contributed by atoms with Gasteiger partial charge in [-0.3, -0.25) is 28.9 Å². The van der Waals surface area contributed by atoms with Crippen LogP contribution in [0.3, 0.4) is 0 Å². The third kappa shape index (κ3) is 42.4. The number of carbonyl (C=O) groups excluding carboxylic acids is 12. The molecular weight excluding hydrogens is 1900 g/mol. The minimum atomic E-state index is -0.507. The highest BCUT2D eigenvalue weighted by Crippen LogP contribution is 2.21. The van der Waals surface area contributed by atoms with Gasteiger partial charge in [0, 0.05) is 67.1 Å². The first-order valence-corrected chi connectivity index (χ1v) is 51.3. The van der Waals surface area contributed by atoms with Crippen LogP contribution in [0.4, 0.5) is 0 Å². The van der Waals surface area contributed by atoms with Crippen LogP contribution in [-0.4, -0.2) is 222 Å². The molecule has 2 N–H and O–H groups in total. The van der Waals surface area contributed by atoms with Crippen LogP contribution in [0.15, 0.2) is 309 Å². The van der Waals surface area contributed by atoms with Crippen LogP contribution < -0.4 is 20.1 Å². The van der Waals surface area contributed by atoms with E-state index in [0.717, 1.165) is 80.0 Å². The van der Waals surface area contributed by atoms with E-state index in [4.69, 9.17) is 42.6 Å². The first-order valence-electron chi connectivity index (χ1n) is 51.3. The molecule has 12 rings (SSSR count). The maximum atomic E-state index is 13.5. The number of esters is 7. The molecule has 0 radical (unpaired) electrons. The minimum Gasteiger partial charge on any atom is -0.494 e. The Morgan fingerprint density at radius 2 is 0.440 bits per heavy atom. The maximum Gasteiger partial charge on any atom is 0.338 e. The SMILES string of the molecule is CCCCc1ccc(C(=O)OCCN(CCOC(=O)c2ccc(CCCC)cc2)C(=O)c2ccc(CCCC)cc2)cc1.CCOc1ccc(C(=O)OCCN(CCOC(=O)c2ccc(C)cc2)C(=O)c2ccc(OCC)cc2)cc1.Cc1ccc(C(=O)NCCN(CCOC(=O)c2ccc(C)cc2)C(=O)c2ccc(C)cc2)cc1.O=C(NCCCN(CCOC(=O)c1ccccc1)CCOC(=O)c1ccccc1)c1ccccc1. The highest BCUT2D eigenvalue weighted by Gasteiger charge is 2.24. The number of benzene rings is 12. The van der Waals surface area contributed by atoms with Crippen molar-refractivity contribution in [2.75, 3.05) is 131 Å². The van der Waals surface area contributed by atoms with Crippen molar-refractivity contribution in [2.24, 2.45) is 0 Å². The molecule has 27 nitrogen and oxygen atoms in total. The number of amides is 5. The summed E-state index contributed by atoms with van der Waals surface area (Å²) >= 11 is 0. The fourth-order valence-electron chi connectivity index (χ4n) is 15.0. The third-order valence-electron chi connectivity index (χ3n) is 23.8. The Hall–Kier alpha value is -16.2. The van der Waals surface area contributed by atoms with Crippen LogP contribution in [0.5, 0.6) is 11.5 Å². The van der Waals surface area contributed by atoms with Crippen LogP contribution in [-0.2, 0) is 52.4 Å². The molecule has 0 saturated heterocycles. The smallest absolute Gasteiger partial charge is 0.338 e. The average molecular weight is 2040 g/mol. The van der Waals surface area contributed by atoms with Gasteiger partial charge in [-0.15, -0.1) is 0 Å². The predicted molar refractivity (Wildman–Crippen MR) is 580 cm³/mol. The molecule has 0 atom stereocenters. The van der Waals surface area contributed by atoms with Crippen LogP contribution in [0, 0.1) is 27.7 Å². The zero-order valence-corrected chi connectivity index (χ0v) is 87.5. The van der Waals surface area contributed by atoms with Crippen LogP contribution in [0.1, 0.15) is 243 Å². The van der Waals surface area contributed by atoms with Crippen LogP contribution >= 0.6 is 0 Å². The highest BCUT2D eigenvalue weighted by molar-refractivity contribution is 5.98. The lowest BCUT2D eigenvalue weighted by molar-refractivity contribution is 0.0355. The molecule has 0 fully saturated rings. The molecule has 0 spiro atoms. The van der Waals surface area contributed by atoms with E-state index in [2.05, 4.69) is 31.4 Å². The lowest BCUT2D eigenvalue weighted by Crippen LogP contribution is -2.40. The number of nitrogens with one attached hydrogen (secondary N) is 2. The molecule has 0 unspecified atom stereocenters. The molecule has 0 aliphatic carbocycles. The van der Waals surface area contributed by atoms with Gasteiger partial charge in [0.25, 0.3) is 29.5 Å². The molecule has 27 heteroatoms. The van der Waals surface area contributed by atoms with Gasteiger partial charge >= 0.3 is 41.8 Å². The normalized spacial score (nSPS) is 10.5. The Kier molecular flexibility index (Phi) is 51.8. The van der Waals surface area contributed by atoms with Gasteiger partial charge in [0.05, 0.1) is 84.9 Å². The minimum absolute atomic E-state index is 0.0116. The summed E-state index contributed by atoms with van der Waals surface area (Å²) in [4.78, 5) is 158. The number of hydrogen-bond acceptors (Lipinski definition) is 22. The number of rotatable bonds is 53. The summed E-state index contributed by atoms with van der Waals surface area (Å²) in [5.74, 6) is -2.69. The molecule has 5 amide bonds. The second kappa shape index (κ2) is 66.1. The monoisotopic (exact) mass is 2040 g/mol. The number of ether oxygens (including phenoxy) is 9. The zero-order valence-electron chi connectivity index (χ0n) is 87.5. The molecule has 0 aliphatic heterocycles. The van der Waals surface area contributed by atoms with Gasteiger partial charge in [-0.1, -0.05) is 202 Å². The van der Waals surface area contributed by atoms with Gasteiger partial charge in [0.2, 0.25) is 0 Å². The van der Waals surface area contributed by atoms with Crippen molar-refractivity contribution >= 4 is 71.3 Å². The van der Waals surface area contributed by atoms with Gasteiger partial charge in [0.15, 0.2) is 0 Å². The lowest BCUT2D eigenvalue weighted by atomic mass is 10.1. The molecule has 788 valence electrons. The Bertz CT molecular complexity index is 5950. The summed E-state index contributed by atoms with van der Waals surface area (Å²) in [6.45, 7) is 23.0. The zero-order chi connectivity index (χ0) is 107. The largest absolute Gasteiger partial charge is 0.494 e. The summed E-state index contributed by atoms with van der Waals surface area (Å²) in [6, 6.07) is 91.5. The van der Waals surface area contributed by atoms with Crippen molar-refractivity contribution in [3.05, 3.63) is 415 Å². The molecule has 0 aromatic heterocycles. The molecule has 0 aliphatic rings. The van der Waals surface area contributed by atoms with Gasteiger partial charge in [-0.05, 0) is 273 Å². The Morgan fingerprint density at radius 3 is 0.727 bits per heavy atom. The molecule has 0 saturated carbocycles. The average Bonchev–Trinajstić information content (AvgIpc) is 0.855. The molecule has 12 aromatic carbocycles. The maximum absolute atomic E-state index is 13.5. The molecule has 12 aromatic rings. The number of nitrogens with zero attached hydrogens (tertiary/aromatic N) is 4. The summed E-state index contributed by atoms with van der Waals surface area (Å²) in [6.07, 6.45) is 10.3. The second-order valence-corrected chi connectivity index (χ2v) is 35.4. The van der Waals surface area contributed by atoms with E-state index in [1.165, 1.54) is 21.6 Å². The van der Waals surface area contributed by atoms with E-state index in [-0.39, 0.29) is 134 Å². The van der Waals surface area contributed by atoms with E-state index in [1.807, 2.05) is 174 Å². The predicted octanol–water partition coefficient (Wildman–Crippen LogP) is 21.0. The lowest BCUT2D eigenvalue weighted by Gasteiger charge is -2.23. The number of carbonyl (C=O) groups is 12. The molecule has 150 heavy (non-hydrogen) atoms. The quantitative estimate of drug-likeness (QED) is 0.0203. The summed E-state index contributed by atoms with van der Waals surface area (Å²) in [7, 11) is 0. The first kappa shape index (κ1) is 117. The summed E-state index contributed by atoms with van der Waals surface area (Å²) in [5, 5.41) is 5.76. The van der Waals surface area contributed by atoms with Crippen molar-refractivity contribution in [3.63, 3.8) is 0 Å². The van der Waals surface area contributed by atoms with Crippen molar-refractivity contribution < 1.29 is 100 Å². The number of aryl methyl sites for hydroxylation is 7. The van der Waals surface area contributed by atoms with Crippen LogP contribution in [0.25, 0.3) is 0 Å². The van der Waals surface area contributed by atoms with Crippen molar-refractivity contribution in [1.82, 2.24) is 30.2 Å². The van der Waals surface area contributed by atoms with Crippen molar-refractivity contribution in [2.45, 2.75) is 127 Å². The van der Waals surface area contributed by atoms with Crippen LogP contribution in [0.2, 0.25) is 0 Å². The summed E-state index contributed by atoms with van der Waals surface area (Å²) < 4.78 is 48.9. The first-order chi connectivity index (χ1) is 72.8. The second-order valence-electron chi connectivity index (χ2n) is 35.4.